The fraction of sp³-hybridized carbons (Fsp3) is 0.455. The van der Waals surface area contributed by atoms with E-state index in [-0.39, 0.29) is 22.3 Å². The van der Waals surface area contributed by atoms with Crippen LogP contribution in [0.4, 0.5) is 8.78 Å². The quantitative estimate of drug-likeness (QED) is 0.808. The third-order valence-electron chi connectivity index (χ3n) is 2.56. The number of rotatable bonds is 6. The zero-order valence-electron chi connectivity index (χ0n) is 11.3. The van der Waals surface area contributed by atoms with Crippen LogP contribution in [0.3, 0.4) is 0 Å². The Balaban J connectivity index is 0.00000400. The number of methoxy groups -OCH3 is 1. The number of ether oxygens (including phenoxy) is 1. The highest BCUT2D eigenvalue weighted by molar-refractivity contribution is 7.89. The second kappa shape index (κ2) is 7.55. The zero-order valence-corrected chi connectivity index (χ0v) is 13.7. The van der Waals surface area contributed by atoms with Crippen LogP contribution in [0, 0.1) is 6.92 Å². The predicted octanol–water partition coefficient (Wildman–Crippen LogP) is 1.95. The van der Waals surface area contributed by atoms with Gasteiger partial charge in [0, 0.05) is 0 Å². The first-order chi connectivity index (χ1) is 9.13. The van der Waals surface area contributed by atoms with Crippen molar-refractivity contribution in [2.45, 2.75) is 17.7 Å². The van der Waals surface area contributed by atoms with Gasteiger partial charge in [-0.2, -0.15) is 0 Å². The molecule has 1 rings (SSSR count). The normalized spacial score (nSPS) is 11.9. The summed E-state index contributed by atoms with van der Waals surface area (Å²) in [5.74, 6) is -3.01. The van der Waals surface area contributed by atoms with Gasteiger partial charge in [-0.25, -0.2) is 21.9 Å². The van der Waals surface area contributed by atoms with Crippen LogP contribution in [0.15, 0.2) is 17.0 Å². The van der Waals surface area contributed by atoms with Gasteiger partial charge in [0.2, 0.25) is 10.0 Å². The fourth-order valence-electron chi connectivity index (χ4n) is 1.43. The molecule has 5 nitrogen and oxygen atoms in total. The number of halogens is 4. The standard InChI is InChI=1S/C11H15ClF2N2O3S.ClH/c1-7-3-9(19-2)8(12)4-10(7)20(17,18)16-6-11(13,14)5-15;/h3-4,16H,5-6,15H2,1-2H3;1H. The number of aryl methyl sites for hydroxylation is 1. The van der Waals surface area contributed by atoms with Crippen LogP contribution >= 0.6 is 24.0 Å². The lowest BCUT2D eigenvalue weighted by atomic mass is 10.2. The van der Waals surface area contributed by atoms with Crippen LogP contribution in [0.5, 0.6) is 5.75 Å². The van der Waals surface area contributed by atoms with Crippen molar-refractivity contribution < 1.29 is 21.9 Å². The lowest BCUT2D eigenvalue weighted by Gasteiger charge is -2.16. The minimum atomic E-state index is -4.11. The molecule has 1 aromatic rings. The first-order valence-corrected chi connectivity index (χ1v) is 7.41. The first-order valence-electron chi connectivity index (χ1n) is 5.54. The van der Waals surface area contributed by atoms with Gasteiger partial charge < -0.3 is 10.5 Å². The van der Waals surface area contributed by atoms with Gasteiger partial charge in [0.15, 0.2) is 0 Å². The van der Waals surface area contributed by atoms with E-state index in [0.29, 0.717) is 11.3 Å². The summed E-state index contributed by atoms with van der Waals surface area (Å²) in [5.41, 5.74) is 5.17. The molecule has 0 aliphatic carbocycles. The Hall–Kier alpha value is -0.670. The molecule has 1 aromatic carbocycles. The molecule has 0 unspecified atom stereocenters. The smallest absolute Gasteiger partial charge is 0.273 e. The molecule has 0 aliphatic heterocycles. The van der Waals surface area contributed by atoms with Gasteiger partial charge in [-0.3, -0.25) is 0 Å². The summed E-state index contributed by atoms with van der Waals surface area (Å²) in [5, 5.41) is 0.0732. The first kappa shape index (κ1) is 20.3. The zero-order chi connectivity index (χ0) is 15.6. The molecule has 122 valence electrons. The van der Waals surface area contributed by atoms with E-state index in [0.717, 1.165) is 6.07 Å². The van der Waals surface area contributed by atoms with Gasteiger partial charge >= 0.3 is 0 Å². The van der Waals surface area contributed by atoms with Gasteiger partial charge in [0.05, 0.1) is 30.1 Å². The Morgan fingerprint density at radius 2 is 2.00 bits per heavy atom. The van der Waals surface area contributed by atoms with Gasteiger partial charge in [0.25, 0.3) is 5.92 Å². The van der Waals surface area contributed by atoms with E-state index in [1.807, 2.05) is 4.72 Å². The van der Waals surface area contributed by atoms with Crippen LogP contribution in [0.2, 0.25) is 5.02 Å². The molecule has 0 radical (unpaired) electrons. The summed E-state index contributed by atoms with van der Waals surface area (Å²) in [7, 11) is -2.72. The number of hydrogen-bond donors (Lipinski definition) is 2. The predicted molar refractivity (Wildman–Crippen MR) is 79.2 cm³/mol. The maximum atomic E-state index is 13.0. The topological polar surface area (TPSA) is 81.4 Å². The summed E-state index contributed by atoms with van der Waals surface area (Å²) >= 11 is 5.84. The van der Waals surface area contributed by atoms with E-state index < -0.39 is 29.0 Å². The van der Waals surface area contributed by atoms with Crippen LogP contribution in [0.1, 0.15) is 5.56 Å². The largest absolute Gasteiger partial charge is 0.495 e. The molecule has 0 atom stereocenters. The Morgan fingerprint density at radius 3 is 2.48 bits per heavy atom. The third-order valence-corrected chi connectivity index (χ3v) is 4.40. The molecular weight excluding hydrogens is 349 g/mol. The van der Waals surface area contributed by atoms with Crippen LogP contribution < -0.4 is 15.2 Å². The summed E-state index contributed by atoms with van der Waals surface area (Å²) < 4.78 is 56.7. The van der Waals surface area contributed by atoms with Gasteiger partial charge in [-0.1, -0.05) is 11.6 Å². The lowest BCUT2D eigenvalue weighted by molar-refractivity contribution is 0.0170. The van der Waals surface area contributed by atoms with Crippen molar-refractivity contribution in [3.63, 3.8) is 0 Å². The maximum Gasteiger partial charge on any atom is 0.273 e. The van der Waals surface area contributed by atoms with Crippen molar-refractivity contribution in [3.05, 3.63) is 22.7 Å². The molecule has 21 heavy (non-hydrogen) atoms. The number of nitrogens with one attached hydrogen (secondary N) is 1. The maximum absolute atomic E-state index is 13.0. The SMILES string of the molecule is COc1cc(C)c(S(=O)(=O)NCC(F)(F)CN)cc1Cl.Cl. The van der Waals surface area contributed by atoms with E-state index in [1.54, 1.807) is 0 Å². The highest BCUT2D eigenvalue weighted by atomic mass is 35.5. The number of hydrogen-bond acceptors (Lipinski definition) is 4. The molecule has 0 amide bonds. The Bertz CT molecular complexity index is 597. The molecule has 0 aliphatic rings. The molecule has 0 spiro atoms. The monoisotopic (exact) mass is 364 g/mol. The molecule has 0 heterocycles. The molecule has 10 heteroatoms. The number of nitrogens with two attached hydrogens (primary N) is 1. The van der Waals surface area contributed by atoms with E-state index in [4.69, 9.17) is 22.1 Å². The number of alkyl halides is 2. The van der Waals surface area contributed by atoms with Crippen molar-refractivity contribution in [2.24, 2.45) is 5.73 Å². The second-order valence-electron chi connectivity index (χ2n) is 4.14. The number of benzene rings is 1. The molecule has 0 bridgehead atoms. The highest BCUT2D eigenvalue weighted by Gasteiger charge is 2.30. The summed E-state index contributed by atoms with van der Waals surface area (Å²) in [4.78, 5) is -0.184. The number of sulfonamides is 1. The van der Waals surface area contributed by atoms with E-state index in [2.05, 4.69) is 0 Å². The highest BCUT2D eigenvalue weighted by Crippen LogP contribution is 2.30. The van der Waals surface area contributed by atoms with E-state index in [9.17, 15) is 17.2 Å². The molecule has 0 saturated carbocycles. The fourth-order valence-corrected chi connectivity index (χ4v) is 3.05. The minimum absolute atomic E-state index is 0. The van der Waals surface area contributed by atoms with Crippen molar-refractivity contribution in [1.82, 2.24) is 4.72 Å². The van der Waals surface area contributed by atoms with Gasteiger partial charge in [0.1, 0.15) is 5.75 Å². The van der Waals surface area contributed by atoms with Crippen LogP contribution in [0.25, 0.3) is 0 Å². The van der Waals surface area contributed by atoms with Crippen molar-refractivity contribution in [1.29, 1.82) is 0 Å². The average molecular weight is 365 g/mol. The molecular formula is C11H16Cl2F2N2O3S. The van der Waals surface area contributed by atoms with Crippen molar-refractivity contribution in [3.8, 4) is 5.75 Å². The third kappa shape index (κ3) is 5.23. The molecule has 0 saturated heterocycles. The van der Waals surface area contributed by atoms with E-state index in [1.165, 1.54) is 20.1 Å². The van der Waals surface area contributed by atoms with Crippen molar-refractivity contribution >= 4 is 34.0 Å². The van der Waals surface area contributed by atoms with Crippen LogP contribution in [-0.2, 0) is 10.0 Å². The van der Waals surface area contributed by atoms with Gasteiger partial charge in [-0.15, -0.1) is 12.4 Å². The van der Waals surface area contributed by atoms with E-state index >= 15 is 0 Å². The Kier molecular flexibility index (Phi) is 7.31. The van der Waals surface area contributed by atoms with Crippen LogP contribution in [-0.4, -0.2) is 34.5 Å². The Morgan fingerprint density at radius 1 is 1.43 bits per heavy atom. The molecule has 3 N–H and O–H groups in total. The Labute approximate surface area is 133 Å². The molecule has 0 aromatic heterocycles. The molecule has 0 fully saturated rings. The average Bonchev–Trinajstić information content (AvgIpc) is 2.39. The second-order valence-corrected chi connectivity index (χ2v) is 6.28. The summed E-state index contributed by atoms with van der Waals surface area (Å²) in [6, 6.07) is 2.57. The summed E-state index contributed by atoms with van der Waals surface area (Å²) in [6.07, 6.45) is 0. The van der Waals surface area contributed by atoms with Gasteiger partial charge in [-0.05, 0) is 24.6 Å². The van der Waals surface area contributed by atoms with Crippen molar-refractivity contribution in [2.75, 3.05) is 20.2 Å². The summed E-state index contributed by atoms with van der Waals surface area (Å²) in [6.45, 7) is -0.513. The lowest BCUT2D eigenvalue weighted by Crippen LogP contribution is -2.41. The minimum Gasteiger partial charge on any atom is -0.495 e.